The van der Waals surface area contributed by atoms with Crippen molar-refractivity contribution in [1.82, 2.24) is 0 Å². The minimum Gasteiger partial charge on any atom is -0.750 e. The van der Waals surface area contributed by atoms with Gasteiger partial charge in [-0.1, -0.05) is 0 Å². The average Bonchev–Trinajstić information content (AvgIpc) is 1.63. The maximum absolute atomic E-state index is 11.9. The molecule has 4 nitrogen and oxygen atoms in total. The van der Waals surface area contributed by atoms with Gasteiger partial charge in [0.05, 0.1) is 11.4 Å². The van der Waals surface area contributed by atoms with Gasteiger partial charge in [-0.25, -0.2) is 8.60 Å². The summed E-state index contributed by atoms with van der Waals surface area (Å²) < 4.78 is 38.9. The van der Waals surface area contributed by atoms with Crippen molar-refractivity contribution in [2.24, 2.45) is 0 Å². The average molecular weight is 157 g/mol. The zero-order valence-corrected chi connectivity index (χ0v) is 5.52. The SMILES string of the molecule is COCC(F)OS(=O)[O-]. The Labute approximate surface area is 54.4 Å². The molecule has 0 aliphatic rings. The van der Waals surface area contributed by atoms with Gasteiger partial charge >= 0.3 is 0 Å². The molecular weight excluding hydrogens is 151 g/mol. The number of hydrogen-bond donors (Lipinski definition) is 0. The summed E-state index contributed by atoms with van der Waals surface area (Å²) >= 11 is -2.80. The minimum absolute atomic E-state index is 0.381. The summed E-state index contributed by atoms with van der Waals surface area (Å²) in [6, 6.07) is 0. The largest absolute Gasteiger partial charge is 0.750 e. The van der Waals surface area contributed by atoms with Gasteiger partial charge in [-0.15, -0.1) is 0 Å². The van der Waals surface area contributed by atoms with E-state index in [-0.39, 0.29) is 6.61 Å². The van der Waals surface area contributed by atoms with E-state index in [2.05, 4.69) is 8.92 Å². The van der Waals surface area contributed by atoms with Gasteiger partial charge in [-0.3, -0.25) is 4.18 Å². The van der Waals surface area contributed by atoms with Crippen molar-refractivity contribution < 1.29 is 22.1 Å². The van der Waals surface area contributed by atoms with Gasteiger partial charge < -0.3 is 9.29 Å². The molecule has 6 heteroatoms. The third-order valence-electron chi connectivity index (χ3n) is 0.481. The van der Waals surface area contributed by atoms with Gasteiger partial charge in [0.1, 0.15) is 6.61 Å². The third kappa shape index (κ3) is 5.84. The van der Waals surface area contributed by atoms with Crippen LogP contribution in [0.1, 0.15) is 0 Å². The maximum atomic E-state index is 11.9. The topological polar surface area (TPSA) is 58.6 Å². The third-order valence-corrected chi connectivity index (χ3v) is 0.847. The number of ether oxygens (including phenoxy) is 1. The van der Waals surface area contributed by atoms with E-state index in [1.54, 1.807) is 0 Å². The van der Waals surface area contributed by atoms with Crippen LogP contribution in [0.25, 0.3) is 0 Å². The summed E-state index contributed by atoms with van der Waals surface area (Å²) in [6.45, 7) is -0.381. The molecule has 9 heavy (non-hydrogen) atoms. The lowest BCUT2D eigenvalue weighted by Gasteiger charge is -2.08. The minimum atomic E-state index is -2.80. The van der Waals surface area contributed by atoms with E-state index in [1.165, 1.54) is 7.11 Å². The van der Waals surface area contributed by atoms with Crippen LogP contribution in [-0.4, -0.2) is 28.8 Å². The summed E-state index contributed by atoms with van der Waals surface area (Å²) in [5.41, 5.74) is 0. The molecule has 0 rings (SSSR count). The lowest BCUT2D eigenvalue weighted by Crippen LogP contribution is -2.14. The predicted octanol–water partition coefficient (Wildman–Crippen LogP) is -0.261. The van der Waals surface area contributed by atoms with E-state index >= 15 is 0 Å². The van der Waals surface area contributed by atoms with E-state index in [1.807, 2.05) is 0 Å². The smallest absolute Gasteiger partial charge is 0.235 e. The first-order valence-corrected chi connectivity index (χ1v) is 3.06. The molecule has 0 aliphatic heterocycles. The van der Waals surface area contributed by atoms with Gasteiger partial charge in [0, 0.05) is 7.11 Å². The Hall–Kier alpha value is -0.0400. The number of hydrogen-bond acceptors (Lipinski definition) is 4. The van der Waals surface area contributed by atoms with Crippen molar-refractivity contribution in [2.75, 3.05) is 13.7 Å². The van der Waals surface area contributed by atoms with E-state index in [0.717, 1.165) is 0 Å². The molecule has 0 amide bonds. The highest BCUT2D eigenvalue weighted by Gasteiger charge is 2.04. The highest BCUT2D eigenvalue weighted by Crippen LogP contribution is 1.94. The van der Waals surface area contributed by atoms with Gasteiger partial charge in [0.15, 0.2) is 0 Å². The Balaban J connectivity index is 3.26. The molecule has 2 atom stereocenters. The van der Waals surface area contributed by atoms with Gasteiger partial charge in [-0.2, -0.15) is 0 Å². The van der Waals surface area contributed by atoms with Crippen LogP contribution < -0.4 is 0 Å². The fourth-order valence-corrected chi connectivity index (χ4v) is 0.470. The first kappa shape index (κ1) is 8.96. The van der Waals surface area contributed by atoms with Crippen LogP contribution in [0.15, 0.2) is 0 Å². The molecule has 0 aliphatic carbocycles. The molecule has 0 fully saturated rings. The van der Waals surface area contributed by atoms with Crippen LogP contribution in [0, 0.1) is 0 Å². The highest BCUT2D eigenvalue weighted by molar-refractivity contribution is 7.74. The Morgan fingerprint density at radius 1 is 1.89 bits per heavy atom. The second-order valence-corrected chi connectivity index (χ2v) is 1.77. The summed E-state index contributed by atoms with van der Waals surface area (Å²) in [5, 5.41) is 0. The van der Waals surface area contributed by atoms with E-state index in [4.69, 9.17) is 0 Å². The Morgan fingerprint density at radius 2 is 2.44 bits per heavy atom. The fraction of sp³-hybridized carbons (Fsp3) is 1.00. The van der Waals surface area contributed by atoms with E-state index in [0.29, 0.717) is 0 Å². The number of alkyl halides is 1. The molecule has 0 N–H and O–H groups in total. The Bertz CT molecular complexity index is 97.8. The lowest BCUT2D eigenvalue weighted by molar-refractivity contribution is -0.00152. The van der Waals surface area contributed by atoms with Gasteiger partial charge in [0.2, 0.25) is 6.36 Å². The standard InChI is InChI=1S/C3H7FO4S/c1-7-2-3(4)8-9(5)6/h3H,2H2,1H3,(H,5,6)/p-1. The number of rotatable bonds is 4. The highest BCUT2D eigenvalue weighted by atomic mass is 32.2. The first-order valence-electron chi connectivity index (χ1n) is 2.06. The molecule has 56 valence electrons. The van der Waals surface area contributed by atoms with Crippen molar-refractivity contribution in [3.8, 4) is 0 Å². The van der Waals surface area contributed by atoms with Crippen LogP contribution in [0.5, 0.6) is 0 Å². The lowest BCUT2D eigenvalue weighted by atomic mass is 10.7. The van der Waals surface area contributed by atoms with Crippen molar-refractivity contribution >= 4 is 11.4 Å². The molecule has 0 radical (unpaired) electrons. The van der Waals surface area contributed by atoms with E-state index in [9.17, 15) is 13.2 Å². The summed E-state index contributed by atoms with van der Waals surface area (Å²) in [5.74, 6) is 0. The first-order chi connectivity index (χ1) is 4.16. The van der Waals surface area contributed by atoms with Crippen LogP contribution in [0.2, 0.25) is 0 Å². The molecule has 0 spiro atoms. The molecule has 0 aromatic rings. The molecule has 0 aromatic carbocycles. The monoisotopic (exact) mass is 157 g/mol. The molecule has 2 unspecified atom stereocenters. The van der Waals surface area contributed by atoms with Crippen LogP contribution in [-0.2, 0) is 20.3 Å². The Morgan fingerprint density at radius 3 is 2.78 bits per heavy atom. The Kier molecular flexibility index (Phi) is 4.78. The molecule has 0 saturated heterocycles. The fourth-order valence-electron chi connectivity index (χ4n) is 0.244. The second kappa shape index (κ2) is 4.80. The summed E-state index contributed by atoms with van der Waals surface area (Å²) in [6.07, 6.45) is -1.90. The predicted molar refractivity (Wildman–Crippen MR) is 26.8 cm³/mol. The molecule has 0 bridgehead atoms. The molecule has 0 aromatic heterocycles. The van der Waals surface area contributed by atoms with Crippen LogP contribution >= 0.6 is 0 Å². The zero-order valence-electron chi connectivity index (χ0n) is 4.70. The van der Waals surface area contributed by atoms with Crippen molar-refractivity contribution in [2.45, 2.75) is 6.36 Å². The van der Waals surface area contributed by atoms with Gasteiger partial charge in [-0.05, 0) is 0 Å². The molecule has 0 heterocycles. The molecule has 0 saturated carbocycles. The maximum Gasteiger partial charge on any atom is 0.235 e. The number of halogens is 1. The van der Waals surface area contributed by atoms with Crippen molar-refractivity contribution in [3.05, 3.63) is 0 Å². The van der Waals surface area contributed by atoms with Crippen molar-refractivity contribution in [3.63, 3.8) is 0 Å². The van der Waals surface area contributed by atoms with Gasteiger partial charge in [0.25, 0.3) is 0 Å². The molecular formula is C3H6FO4S-. The van der Waals surface area contributed by atoms with Crippen LogP contribution in [0.3, 0.4) is 0 Å². The second-order valence-electron chi connectivity index (χ2n) is 1.17. The zero-order chi connectivity index (χ0) is 7.28. The van der Waals surface area contributed by atoms with Crippen molar-refractivity contribution in [1.29, 1.82) is 0 Å². The number of methoxy groups -OCH3 is 1. The summed E-state index contributed by atoms with van der Waals surface area (Å²) in [4.78, 5) is 0. The summed E-state index contributed by atoms with van der Waals surface area (Å²) in [7, 11) is 1.24. The van der Waals surface area contributed by atoms with E-state index < -0.39 is 17.7 Å². The normalized spacial score (nSPS) is 17.2. The van der Waals surface area contributed by atoms with Crippen LogP contribution in [0.4, 0.5) is 4.39 Å². The quantitative estimate of drug-likeness (QED) is 0.527.